The van der Waals surface area contributed by atoms with E-state index in [2.05, 4.69) is 10.2 Å². The zero-order valence-electron chi connectivity index (χ0n) is 16.3. The first kappa shape index (κ1) is 20.5. The quantitative estimate of drug-likeness (QED) is 0.332. The SMILES string of the molecule is S=c1[n-]nc(-c2ccc3ccccc3n2)n1-c1ccc(Oc2ccccc2)cc1.[Na+]. The van der Waals surface area contributed by atoms with Gasteiger partial charge < -0.3 is 14.4 Å². The van der Waals surface area contributed by atoms with E-state index in [9.17, 15) is 0 Å². The summed E-state index contributed by atoms with van der Waals surface area (Å²) in [6, 6.07) is 29.2. The molecule has 7 heteroatoms. The standard InChI is InChI=1S/C23H16N4OS.Na/c29-23-26-25-22(21-15-10-16-6-4-5-9-20(16)24-21)27(23)17-11-13-19(14-12-17)28-18-7-2-1-3-8-18;/h1-15H,(H,24,26,29);/q;+1/p-1. The van der Waals surface area contributed by atoms with E-state index in [1.54, 1.807) is 0 Å². The summed E-state index contributed by atoms with van der Waals surface area (Å²) >= 11 is 5.42. The molecule has 5 rings (SSSR count). The molecule has 2 aromatic heterocycles. The van der Waals surface area contributed by atoms with Crippen LogP contribution in [0.25, 0.3) is 28.1 Å². The first-order chi connectivity index (χ1) is 14.3. The molecular weight excluding hydrogens is 403 g/mol. The van der Waals surface area contributed by atoms with Crippen LogP contribution in [0, 0.1) is 4.77 Å². The topological polar surface area (TPSA) is 54.0 Å². The van der Waals surface area contributed by atoms with Crippen LogP contribution in [0.5, 0.6) is 11.5 Å². The number of nitrogens with zero attached hydrogens (tertiary/aromatic N) is 4. The molecule has 0 spiro atoms. The number of ether oxygens (including phenoxy) is 1. The number of hydrogen-bond acceptors (Lipinski definition) is 4. The maximum atomic E-state index is 5.87. The third-order valence-electron chi connectivity index (χ3n) is 4.53. The number of pyridine rings is 1. The minimum Gasteiger partial charge on any atom is -0.457 e. The predicted molar refractivity (Wildman–Crippen MR) is 115 cm³/mol. The molecule has 3 aromatic carbocycles. The Morgan fingerprint density at radius 2 is 1.47 bits per heavy atom. The van der Waals surface area contributed by atoms with Gasteiger partial charge in [0.2, 0.25) is 0 Å². The summed E-state index contributed by atoms with van der Waals surface area (Å²) in [7, 11) is 0. The van der Waals surface area contributed by atoms with Crippen molar-refractivity contribution < 1.29 is 34.3 Å². The van der Waals surface area contributed by atoms with E-state index in [4.69, 9.17) is 21.9 Å². The van der Waals surface area contributed by atoms with Gasteiger partial charge in [0.05, 0.1) is 17.0 Å². The molecule has 5 aromatic rings. The summed E-state index contributed by atoms with van der Waals surface area (Å²) in [5.41, 5.74) is 2.47. The van der Waals surface area contributed by atoms with Crippen LogP contribution in [-0.4, -0.2) is 14.6 Å². The Bertz CT molecular complexity index is 1350. The number of fused-ring (bicyclic) bond motifs is 1. The van der Waals surface area contributed by atoms with Crippen LogP contribution in [-0.2, 0) is 0 Å². The van der Waals surface area contributed by atoms with Crippen LogP contribution >= 0.6 is 12.2 Å². The monoisotopic (exact) mass is 418 g/mol. The average Bonchev–Trinajstić information content (AvgIpc) is 3.16. The van der Waals surface area contributed by atoms with Gasteiger partial charge in [0.25, 0.3) is 0 Å². The van der Waals surface area contributed by atoms with Crippen LogP contribution in [0.4, 0.5) is 0 Å². The summed E-state index contributed by atoms with van der Waals surface area (Å²) in [4.78, 5) is 4.72. The van der Waals surface area contributed by atoms with Crippen LogP contribution in [0.2, 0.25) is 0 Å². The zero-order chi connectivity index (χ0) is 19.6. The van der Waals surface area contributed by atoms with Crippen molar-refractivity contribution in [1.29, 1.82) is 0 Å². The fourth-order valence-corrected chi connectivity index (χ4v) is 3.38. The summed E-state index contributed by atoms with van der Waals surface area (Å²) in [5.74, 6) is 2.14. The molecule has 0 aliphatic heterocycles. The van der Waals surface area contributed by atoms with Gasteiger partial charge in [-0.3, -0.25) is 5.10 Å². The van der Waals surface area contributed by atoms with Gasteiger partial charge in [-0.05, 0) is 42.1 Å². The molecule has 0 saturated heterocycles. The molecule has 0 radical (unpaired) electrons. The Balaban J connectivity index is 0.00000218. The van der Waals surface area contributed by atoms with Gasteiger partial charge in [-0.15, -0.1) is 0 Å². The molecule has 0 unspecified atom stereocenters. The number of hydrogen-bond donors (Lipinski definition) is 0. The van der Waals surface area contributed by atoms with Crippen molar-refractivity contribution in [3.8, 4) is 28.7 Å². The number of rotatable bonds is 4. The molecule has 0 N–H and O–H groups in total. The Kier molecular flexibility index (Phi) is 6.11. The van der Waals surface area contributed by atoms with Gasteiger partial charge in [-0.25, -0.2) is 4.98 Å². The number of benzene rings is 3. The molecule has 0 bridgehead atoms. The molecule has 30 heavy (non-hydrogen) atoms. The first-order valence-corrected chi connectivity index (χ1v) is 9.51. The average molecular weight is 418 g/mol. The van der Waals surface area contributed by atoms with E-state index in [1.165, 1.54) is 0 Å². The molecule has 0 amide bonds. The fourth-order valence-electron chi connectivity index (χ4n) is 3.15. The van der Waals surface area contributed by atoms with Gasteiger partial charge in [-0.2, -0.15) is 0 Å². The molecule has 5 nitrogen and oxygen atoms in total. The Morgan fingerprint density at radius 3 is 2.27 bits per heavy atom. The molecule has 0 aliphatic carbocycles. The Labute approximate surface area is 200 Å². The van der Waals surface area contributed by atoms with E-state index in [-0.39, 0.29) is 29.6 Å². The number of para-hydroxylation sites is 2. The van der Waals surface area contributed by atoms with Crippen molar-refractivity contribution >= 4 is 23.1 Å². The predicted octanol–water partition coefficient (Wildman–Crippen LogP) is 2.57. The molecule has 0 fully saturated rings. The van der Waals surface area contributed by atoms with Crippen molar-refractivity contribution in [2.45, 2.75) is 0 Å². The summed E-state index contributed by atoms with van der Waals surface area (Å²) < 4.78 is 8.06. The van der Waals surface area contributed by atoms with Crippen molar-refractivity contribution in [1.82, 2.24) is 19.7 Å². The molecule has 2 heterocycles. The summed E-state index contributed by atoms with van der Waals surface area (Å²) in [6.45, 7) is 0. The van der Waals surface area contributed by atoms with Crippen molar-refractivity contribution in [2.24, 2.45) is 0 Å². The smallest absolute Gasteiger partial charge is 0.457 e. The largest absolute Gasteiger partial charge is 1.00 e. The van der Waals surface area contributed by atoms with Gasteiger partial charge >= 0.3 is 29.6 Å². The molecule has 0 saturated carbocycles. The Morgan fingerprint density at radius 1 is 0.767 bits per heavy atom. The molecule has 0 aliphatic rings. The van der Waals surface area contributed by atoms with Gasteiger partial charge in [0.1, 0.15) is 11.5 Å². The second-order valence-corrected chi connectivity index (χ2v) is 6.80. The number of aromatic nitrogens is 4. The minimum atomic E-state index is 0. The fraction of sp³-hybridized carbons (Fsp3) is 0. The van der Waals surface area contributed by atoms with E-state index in [0.717, 1.165) is 33.8 Å². The second kappa shape index (κ2) is 8.93. The molecule has 0 atom stereocenters. The van der Waals surface area contributed by atoms with E-state index >= 15 is 0 Å². The maximum Gasteiger partial charge on any atom is 1.00 e. The molecular formula is C23H15N4NaOS. The van der Waals surface area contributed by atoms with E-state index < -0.39 is 0 Å². The Hall–Kier alpha value is -2.77. The van der Waals surface area contributed by atoms with Crippen molar-refractivity contribution in [2.75, 3.05) is 0 Å². The second-order valence-electron chi connectivity index (χ2n) is 6.44. The van der Waals surface area contributed by atoms with Crippen molar-refractivity contribution in [3.63, 3.8) is 0 Å². The zero-order valence-corrected chi connectivity index (χ0v) is 19.1. The van der Waals surface area contributed by atoms with Crippen molar-refractivity contribution in [3.05, 3.63) is 95.8 Å². The van der Waals surface area contributed by atoms with E-state index in [1.807, 2.05) is 95.6 Å². The van der Waals surface area contributed by atoms with Crippen LogP contribution in [0.15, 0.2) is 91.0 Å². The normalized spacial score (nSPS) is 10.5. The van der Waals surface area contributed by atoms with Crippen LogP contribution in [0.3, 0.4) is 0 Å². The van der Waals surface area contributed by atoms with Gasteiger partial charge in [-0.1, -0.05) is 66.8 Å². The van der Waals surface area contributed by atoms with Gasteiger partial charge in [0.15, 0.2) is 0 Å². The van der Waals surface area contributed by atoms with E-state index in [0.29, 0.717) is 10.6 Å². The first-order valence-electron chi connectivity index (χ1n) is 9.10. The minimum absolute atomic E-state index is 0. The summed E-state index contributed by atoms with van der Waals surface area (Å²) in [6.07, 6.45) is 0. The maximum absolute atomic E-state index is 5.87. The third kappa shape index (κ3) is 4.08. The molecule has 140 valence electrons. The third-order valence-corrected chi connectivity index (χ3v) is 4.80. The van der Waals surface area contributed by atoms with Crippen LogP contribution in [0.1, 0.15) is 0 Å². The van der Waals surface area contributed by atoms with Gasteiger partial charge in [0, 0.05) is 10.2 Å². The van der Waals surface area contributed by atoms with Crippen LogP contribution < -0.4 is 39.4 Å². The summed E-state index contributed by atoms with van der Waals surface area (Å²) in [5, 5.41) is 9.44.